The molecule has 2 aromatic carbocycles. The number of amides is 1. The van der Waals surface area contributed by atoms with Gasteiger partial charge < -0.3 is 14.8 Å². The van der Waals surface area contributed by atoms with E-state index in [1.807, 2.05) is 0 Å². The molecule has 0 aliphatic rings. The minimum Gasteiger partial charge on any atom is -0.452 e. The Bertz CT molecular complexity index is 1200. The van der Waals surface area contributed by atoms with Crippen LogP contribution in [0.4, 0.5) is 20.2 Å². The quantitative estimate of drug-likeness (QED) is 0.447. The minimum atomic E-state index is -3.91. The van der Waals surface area contributed by atoms with E-state index in [9.17, 15) is 26.8 Å². The zero-order valence-corrected chi connectivity index (χ0v) is 17.8. The van der Waals surface area contributed by atoms with Crippen LogP contribution in [0, 0.1) is 0 Å². The van der Waals surface area contributed by atoms with Crippen molar-refractivity contribution in [2.75, 3.05) is 16.6 Å². The molecule has 8 nitrogen and oxygen atoms in total. The highest BCUT2D eigenvalue weighted by Crippen LogP contribution is 2.26. The zero-order chi connectivity index (χ0) is 23.1. The first kappa shape index (κ1) is 23.2. The topological polar surface area (TPSA) is 111 Å². The maximum Gasteiger partial charge on any atom is 0.387 e. The van der Waals surface area contributed by atoms with E-state index in [2.05, 4.69) is 14.8 Å². The van der Waals surface area contributed by atoms with Crippen LogP contribution in [0.5, 0.6) is 5.75 Å². The van der Waals surface area contributed by atoms with Crippen molar-refractivity contribution in [3.8, 4) is 5.75 Å². The molecule has 3 rings (SSSR count). The number of hydrogen-bond acceptors (Lipinski definition) is 7. The molecule has 1 amide bonds. The molecule has 168 valence electrons. The number of ether oxygens (including phenoxy) is 2. The third-order valence-corrected chi connectivity index (χ3v) is 6.63. The molecule has 3 aromatic rings. The molecule has 0 aliphatic heterocycles. The third-order valence-electron chi connectivity index (χ3n) is 3.86. The van der Waals surface area contributed by atoms with Crippen molar-refractivity contribution in [1.29, 1.82) is 0 Å². The van der Waals surface area contributed by atoms with Crippen LogP contribution < -0.4 is 14.8 Å². The van der Waals surface area contributed by atoms with Gasteiger partial charge in [-0.15, -0.1) is 11.3 Å². The Labute approximate surface area is 185 Å². The second-order valence-corrected chi connectivity index (χ2v) is 8.94. The average molecular weight is 482 g/mol. The van der Waals surface area contributed by atoms with Gasteiger partial charge in [0.2, 0.25) is 0 Å². The summed E-state index contributed by atoms with van der Waals surface area (Å²) in [5.74, 6) is -2.02. The van der Waals surface area contributed by atoms with Gasteiger partial charge in [0.05, 0.1) is 16.9 Å². The van der Waals surface area contributed by atoms with E-state index >= 15 is 0 Å². The lowest BCUT2D eigenvalue weighted by molar-refractivity contribution is -0.119. The van der Waals surface area contributed by atoms with Gasteiger partial charge in [-0.05, 0) is 35.7 Å². The van der Waals surface area contributed by atoms with Crippen LogP contribution in [0.2, 0.25) is 0 Å². The maximum absolute atomic E-state index is 12.5. The molecule has 32 heavy (non-hydrogen) atoms. The van der Waals surface area contributed by atoms with E-state index in [1.165, 1.54) is 54.6 Å². The van der Waals surface area contributed by atoms with Gasteiger partial charge >= 0.3 is 12.6 Å². The lowest BCUT2D eigenvalue weighted by Gasteiger charge is -2.13. The summed E-state index contributed by atoms with van der Waals surface area (Å²) in [6.07, 6.45) is 0. The van der Waals surface area contributed by atoms with Crippen LogP contribution in [-0.2, 0) is 19.6 Å². The number of para-hydroxylation sites is 3. The molecule has 0 aliphatic carbocycles. The van der Waals surface area contributed by atoms with Crippen LogP contribution in [0.25, 0.3) is 0 Å². The van der Waals surface area contributed by atoms with Gasteiger partial charge in [-0.25, -0.2) is 13.2 Å². The van der Waals surface area contributed by atoms with Crippen LogP contribution in [0.3, 0.4) is 0 Å². The second-order valence-electron chi connectivity index (χ2n) is 6.08. The van der Waals surface area contributed by atoms with Gasteiger partial charge in [-0.1, -0.05) is 30.3 Å². The van der Waals surface area contributed by atoms with Crippen LogP contribution in [0.1, 0.15) is 10.4 Å². The lowest BCUT2D eigenvalue weighted by Crippen LogP contribution is -2.22. The summed E-state index contributed by atoms with van der Waals surface area (Å²) < 4.78 is 61.5. The smallest absolute Gasteiger partial charge is 0.387 e. The van der Waals surface area contributed by atoms with Crippen molar-refractivity contribution in [3.63, 3.8) is 0 Å². The first-order valence-corrected chi connectivity index (χ1v) is 11.3. The molecule has 0 saturated carbocycles. The summed E-state index contributed by atoms with van der Waals surface area (Å²) in [7, 11) is -3.91. The highest BCUT2D eigenvalue weighted by molar-refractivity contribution is 7.94. The van der Waals surface area contributed by atoms with Crippen LogP contribution in [-0.4, -0.2) is 33.5 Å². The minimum absolute atomic E-state index is 0.0259. The van der Waals surface area contributed by atoms with Gasteiger partial charge in [-0.3, -0.25) is 9.52 Å². The highest BCUT2D eigenvalue weighted by Gasteiger charge is 2.21. The fraction of sp³-hybridized carbons (Fsp3) is 0.100. The second kappa shape index (κ2) is 10.2. The number of halogens is 2. The van der Waals surface area contributed by atoms with E-state index in [-0.39, 0.29) is 26.9 Å². The van der Waals surface area contributed by atoms with Gasteiger partial charge in [0.25, 0.3) is 15.9 Å². The highest BCUT2D eigenvalue weighted by atomic mass is 32.2. The fourth-order valence-electron chi connectivity index (χ4n) is 2.53. The summed E-state index contributed by atoms with van der Waals surface area (Å²) in [6, 6.07) is 14.2. The van der Waals surface area contributed by atoms with Crippen molar-refractivity contribution >= 4 is 44.6 Å². The van der Waals surface area contributed by atoms with E-state index in [1.54, 1.807) is 11.4 Å². The summed E-state index contributed by atoms with van der Waals surface area (Å²) in [6.45, 7) is -3.83. The Hall–Kier alpha value is -3.51. The Morgan fingerprint density at radius 2 is 1.66 bits per heavy atom. The van der Waals surface area contributed by atoms with Crippen molar-refractivity contribution < 1.29 is 36.3 Å². The molecular weight excluding hydrogens is 466 g/mol. The predicted molar refractivity (Wildman–Crippen MR) is 114 cm³/mol. The lowest BCUT2D eigenvalue weighted by atomic mass is 10.2. The summed E-state index contributed by atoms with van der Waals surface area (Å²) in [5.41, 5.74) is -0.165. The van der Waals surface area contributed by atoms with Crippen LogP contribution in [0.15, 0.2) is 70.3 Å². The number of esters is 1. The Kier molecular flexibility index (Phi) is 7.38. The molecule has 0 bridgehead atoms. The third kappa shape index (κ3) is 6.02. The number of thiophene rings is 1. The largest absolute Gasteiger partial charge is 0.452 e. The number of hydrogen-bond donors (Lipinski definition) is 2. The average Bonchev–Trinajstić information content (AvgIpc) is 3.29. The van der Waals surface area contributed by atoms with E-state index in [4.69, 9.17) is 4.74 Å². The number of benzene rings is 2. The molecule has 1 heterocycles. The molecule has 0 unspecified atom stereocenters. The number of sulfonamides is 1. The zero-order valence-electron chi connectivity index (χ0n) is 16.2. The summed E-state index contributed by atoms with van der Waals surface area (Å²) in [5, 5.41) is 3.90. The fourth-order valence-corrected chi connectivity index (χ4v) is 4.60. The molecule has 1 aromatic heterocycles. The maximum atomic E-state index is 12.5. The Morgan fingerprint density at radius 1 is 0.969 bits per heavy atom. The monoisotopic (exact) mass is 482 g/mol. The first-order chi connectivity index (χ1) is 15.3. The van der Waals surface area contributed by atoms with Gasteiger partial charge in [-0.2, -0.15) is 8.78 Å². The van der Waals surface area contributed by atoms with Crippen molar-refractivity contribution in [2.45, 2.75) is 10.8 Å². The number of carbonyl (C=O) groups is 2. The summed E-state index contributed by atoms with van der Waals surface area (Å²) >= 11 is 1.01. The van der Waals surface area contributed by atoms with Gasteiger partial charge in [0, 0.05) is 0 Å². The summed E-state index contributed by atoms with van der Waals surface area (Å²) in [4.78, 5) is 24.6. The molecule has 0 spiro atoms. The molecule has 0 radical (unpaired) electrons. The molecule has 2 N–H and O–H groups in total. The number of rotatable bonds is 9. The number of nitrogens with one attached hydrogen (secondary N) is 2. The van der Waals surface area contributed by atoms with Crippen molar-refractivity contribution in [2.24, 2.45) is 0 Å². The van der Waals surface area contributed by atoms with E-state index in [0.29, 0.717) is 0 Å². The molecular formula is C20H16F2N2O6S2. The Morgan fingerprint density at radius 3 is 2.34 bits per heavy atom. The van der Waals surface area contributed by atoms with Gasteiger partial charge in [0.1, 0.15) is 9.96 Å². The molecule has 0 atom stereocenters. The molecule has 12 heteroatoms. The van der Waals surface area contributed by atoms with Gasteiger partial charge in [0.15, 0.2) is 6.61 Å². The van der Waals surface area contributed by atoms with E-state index < -0.39 is 35.1 Å². The van der Waals surface area contributed by atoms with Crippen molar-refractivity contribution in [1.82, 2.24) is 0 Å². The Balaban J connectivity index is 1.66. The first-order valence-electron chi connectivity index (χ1n) is 8.92. The SMILES string of the molecule is O=C(COC(=O)c1ccccc1NS(=O)(=O)c1cccs1)Nc1ccccc1OC(F)F. The van der Waals surface area contributed by atoms with E-state index in [0.717, 1.165) is 11.3 Å². The normalized spacial score (nSPS) is 11.1. The van der Waals surface area contributed by atoms with Crippen LogP contribution >= 0.6 is 11.3 Å². The van der Waals surface area contributed by atoms with Crippen molar-refractivity contribution in [3.05, 3.63) is 71.6 Å². The molecule has 0 saturated heterocycles. The molecule has 0 fully saturated rings. The number of anilines is 2. The standard InChI is InChI=1S/C20H16F2N2O6S2/c21-20(22)30-16-9-4-3-8-15(16)23-17(25)12-29-19(26)13-6-1-2-7-14(13)24-32(27,28)18-10-5-11-31-18/h1-11,20,24H,12H2,(H,23,25). The predicted octanol–water partition coefficient (Wildman–Crippen LogP) is 3.95. The number of carbonyl (C=O) groups excluding carboxylic acids is 2. The number of alkyl halides is 2.